The van der Waals surface area contributed by atoms with Gasteiger partial charge in [-0.3, -0.25) is 14.3 Å². The van der Waals surface area contributed by atoms with Crippen LogP contribution < -0.4 is 10.0 Å². The summed E-state index contributed by atoms with van der Waals surface area (Å²) in [5, 5.41) is 2.90. The highest BCUT2D eigenvalue weighted by molar-refractivity contribution is 7.92. The number of anilines is 2. The van der Waals surface area contributed by atoms with Gasteiger partial charge >= 0.3 is 0 Å². The van der Waals surface area contributed by atoms with Crippen LogP contribution >= 0.6 is 0 Å². The Hall–Kier alpha value is -2.85. The van der Waals surface area contributed by atoms with Gasteiger partial charge in [-0.05, 0) is 61.1 Å². The average molecular weight is 491 g/mol. The molecule has 3 aliphatic rings. The van der Waals surface area contributed by atoms with E-state index in [0.717, 1.165) is 18.6 Å². The van der Waals surface area contributed by atoms with Crippen LogP contribution in [0.2, 0.25) is 0 Å². The second-order valence-electron chi connectivity index (χ2n) is 9.14. The lowest BCUT2D eigenvalue weighted by molar-refractivity contribution is -0.125. The Morgan fingerprint density at radius 3 is 2.47 bits per heavy atom. The second kappa shape index (κ2) is 8.42. The van der Waals surface area contributed by atoms with Gasteiger partial charge in [-0.15, -0.1) is 0 Å². The van der Waals surface area contributed by atoms with Crippen LogP contribution in [-0.4, -0.2) is 33.3 Å². The quantitative estimate of drug-likeness (QED) is 0.666. The monoisotopic (exact) mass is 490 g/mol. The molecule has 2 N–H and O–H groups in total. The van der Waals surface area contributed by atoms with Crippen LogP contribution in [-0.2, 0) is 36.2 Å². The van der Waals surface area contributed by atoms with Crippen LogP contribution in [0, 0.1) is 17.6 Å². The van der Waals surface area contributed by atoms with E-state index in [1.165, 1.54) is 6.07 Å². The molecule has 0 unspecified atom stereocenters. The minimum absolute atomic E-state index is 0.0555. The van der Waals surface area contributed by atoms with E-state index in [9.17, 15) is 26.8 Å². The van der Waals surface area contributed by atoms with Crippen molar-refractivity contribution in [1.29, 1.82) is 0 Å². The van der Waals surface area contributed by atoms with Gasteiger partial charge in [0.25, 0.3) is 10.0 Å². The van der Waals surface area contributed by atoms with E-state index in [1.807, 2.05) is 0 Å². The molecule has 1 saturated heterocycles. The number of amides is 1. The third-order valence-corrected chi connectivity index (χ3v) is 8.54. The summed E-state index contributed by atoms with van der Waals surface area (Å²) in [7, 11) is -4.39. The maximum absolute atomic E-state index is 14.2. The highest BCUT2D eigenvalue weighted by Crippen LogP contribution is 2.53. The summed E-state index contributed by atoms with van der Waals surface area (Å²) < 4.78 is 60.9. The number of halogens is 2. The molecule has 1 aliphatic heterocycles. The molecule has 34 heavy (non-hydrogen) atoms. The number of nitrogens with one attached hydrogen (secondary N) is 2. The Bertz CT molecular complexity index is 1280. The number of rotatable bonds is 5. The molecule has 0 radical (unpaired) electrons. The molecule has 0 aromatic heterocycles. The highest BCUT2D eigenvalue weighted by Gasteiger charge is 2.51. The fourth-order valence-electron chi connectivity index (χ4n) is 5.12. The van der Waals surface area contributed by atoms with Crippen LogP contribution in [0.5, 0.6) is 0 Å². The number of hydrogen-bond donors (Lipinski definition) is 2. The van der Waals surface area contributed by atoms with Gasteiger partial charge in [-0.25, -0.2) is 17.2 Å². The maximum Gasteiger partial charge on any atom is 0.264 e. The molecule has 2 aromatic carbocycles. The summed E-state index contributed by atoms with van der Waals surface area (Å²) in [5.41, 5.74) is 1.21. The molecular weight excluding hydrogens is 466 g/mol. The number of carbonyl (C=O) groups excluding carboxylic acids is 2. The molecule has 2 fully saturated rings. The molecule has 7 nitrogen and oxygen atoms in total. The molecule has 0 bridgehead atoms. The molecule has 0 atom stereocenters. The molecule has 2 aliphatic carbocycles. The Kier molecular flexibility index (Phi) is 5.68. The summed E-state index contributed by atoms with van der Waals surface area (Å²) in [6.45, 7) is 0.974. The smallest absolute Gasteiger partial charge is 0.264 e. The highest BCUT2D eigenvalue weighted by atomic mass is 32.2. The van der Waals surface area contributed by atoms with Gasteiger partial charge < -0.3 is 10.1 Å². The first-order valence-corrected chi connectivity index (χ1v) is 12.8. The van der Waals surface area contributed by atoms with E-state index in [-0.39, 0.29) is 29.7 Å². The Labute approximate surface area is 195 Å². The minimum atomic E-state index is -4.39. The lowest BCUT2D eigenvalue weighted by Gasteiger charge is -2.38. The zero-order valence-corrected chi connectivity index (χ0v) is 19.1. The van der Waals surface area contributed by atoms with Crippen LogP contribution in [0.15, 0.2) is 35.2 Å². The molecular formula is C24H24F2N2O5S. The number of carbonyl (C=O) groups is 2. The number of sulfonamides is 1. The predicted octanol–water partition coefficient (Wildman–Crippen LogP) is 3.68. The molecule has 180 valence electrons. The summed E-state index contributed by atoms with van der Waals surface area (Å²) >= 11 is 0. The Morgan fingerprint density at radius 1 is 1.09 bits per heavy atom. The van der Waals surface area contributed by atoms with E-state index in [0.29, 0.717) is 61.8 Å². The average Bonchev–Trinajstić information content (AvgIpc) is 3.06. The first-order chi connectivity index (χ1) is 16.2. The number of Topliss-reactive ketones (excluding diaryl/α,β-unsaturated/α-hetero) is 1. The second-order valence-corrected chi connectivity index (χ2v) is 10.8. The van der Waals surface area contributed by atoms with Gasteiger partial charge in [-0.1, -0.05) is 6.42 Å². The van der Waals surface area contributed by atoms with Gasteiger partial charge in [0.2, 0.25) is 5.91 Å². The predicted molar refractivity (Wildman–Crippen MR) is 120 cm³/mol. The SMILES string of the molecule is O=C(Nc1cc(NS(=O)(=O)c2ccc(F)cc2F)cc2c1CC(=O)C21CCC1)C1CCOCC1. The van der Waals surface area contributed by atoms with Crippen LogP contribution in [0.4, 0.5) is 20.2 Å². The molecule has 2 aromatic rings. The largest absolute Gasteiger partial charge is 0.381 e. The number of benzene rings is 2. The summed E-state index contributed by atoms with van der Waals surface area (Å²) in [5.74, 6) is -2.50. The third kappa shape index (κ3) is 3.88. The molecule has 1 heterocycles. The van der Waals surface area contributed by atoms with Gasteiger partial charge in [0.15, 0.2) is 0 Å². The van der Waals surface area contributed by atoms with Crippen molar-refractivity contribution in [1.82, 2.24) is 0 Å². The van der Waals surface area contributed by atoms with E-state index >= 15 is 0 Å². The molecule has 10 heteroatoms. The van der Waals surface area contributed by atoms with Gasteiger partial charge in [0.1, 0.15) is 22.3 Å². The molecule has 1 spiro atoms. The van der Waals surface area contributed by atoms with E-state index in [1.54, 1.807) is 6.07 Å². The number of fused-ring (bicyclic) bond motifs is 2. The Morgan fingerprint density at radius 2 is 1.82 bits per heavy atom. The summed E-state index contributed by atoms with van der Waals surface area (Å²) in [6.07, 6.45) is 3.52. The van der Waals surface area contributed by atoms with E-state index < -0.39 is 32.0 Å². The van der Waals surface area contributed by atoms with Crippen molar-refractivity contribution in [3.8, 4) is 0 Å². The van der Waals surface area contributed by atoms with Crippen LogP contribution in [0.1, 0.15) is 43.2 Å². The van der Waals surface area contributed by atoms with Gasteiger partial charge in [0.05, 0.1) is 11.1 Å². The van der Waals surface area contributed by atoms with Crippen molar-refractivity contribution in [3.05, 3.63) is 53.1 Å². The fraction of sp³-hybridized carbons (Fsp3) is 0.417. The normalized spacial score (nSPS) is 19.5. The topological polar surface area (TPSA) is 102 Å². The van der Waals surface area contributed by atoms with Gasteiger partial charge in [0, 0.05) is 37.3 Å². The third-order valence-electron chi connectivity index (χ3n) is 7.13. The number of ketones is 1. The standard InChI is InChI=1S/C24H24F2N2O5S/c25-15-2-3-21(19(26)10-15)34(31,32)28-16-11-18-17(13-22(29)24(18)6-1-7-24)20(12-16)27-23(30)14-4-8-33-9-5-14/h2-3,10-12,14,28H,1,4-9,13H2,(H,27,30). The van der Waals surface area contributed by atoms with E-state index in [2.05, 4.69) is 10.0 Å². The number of hydrogen-bond acceptors (Lipinski definition) is 5. The number of ether oxygens (including phenoxy) is 1. The first-order valence-electron chi connectivity index (χ1n) is 11.3. The lowest BCUT2D eigenvalue weighted by Crippen LogP contribution is -2.39. The van der Waals surface area contributed by atoms with Crippen LogP contribution in [0.3, 0.4) is 0 Å². The van der Waals surface area contributed by atoms with Crippen molar-refractivity contribution >= 4 is 33.1 Å². The maximum atomic E-state index is 14.2. The Balaban J connectivity index is 1.52. The van der Waals surface area contributed by atoms with Crippen LogP contribution in [0.25, 0.3) is 0 Å². The van der Waals surface area contributed by atoms with Crippen molar-refractivity contribution in [2.75, 3.05) is 23.3 Å². The first kappa shape index (κ1) is 22.9. The zero-order valence-electron chi connectivity index (χ0n) is 18.3. The van der Waals surface area contributed by atoms with Crippen molar-refractivity contribution < 1.29 is 31.5 Å². The zero-order chi connectivity index (χ0) is 24.1. The summed E-state index contributed by atoms with van der Waals surface area (Å²) in [6, 6.07) is 5.27. The fourth-order valence-corrected chi connectivity index (χ4v) is 6.22. The summed E-state index contributed by atoms with van der Waals surface area (Å²) in [4.78, 5) is 25.1. The minimum Gasteiger partial charge on any atom is -0.381 e. The van der Waals surface area contributed by atoms with Gasteiger partial charge in [-0.2, -0.15) is 0 Å². The molecule has 1 saturated carbocycles. The van der Waals surface area contributed by atoms with Crippen molar-refractivity contribution in [3.63, 3.8) is 0 Å². The van der Waals surface area contributed by atoms with Crippen molar-refractivity contribution in [2.24, 2.45) is 5.92 Å². The molecule has 5 rings (SSSR count). The van der Waals surface area contributed by atoms with E-state index in [4.69, 9.17) is 4.74 Å². The van der Waals surface area contributed by atoms with Crippen molar-refractivity contribution in [2.45, 2.75) is 48.8 Å². The lowest BCUT2D eigenvalue weighted by atomic mass is 9.64. The molecule has 1 amide bonds.